The van der Waals surface area contributed by atoms with E-state index in [2.05, 4.69) is 15.1 Å². The lowest BCUT2D eigenvalue weighted by Gasteiger charge is -2.08. The van der Waals surface area contributed by atoms with Crippen molar-refractivity contribution in [3.05, 3.63) is 72.9 Å². The standard InChI is InChI=1S/C21H18N4O3/c26-21(27)7-8-25-20-6-5-19(9-17(20)12-24-25)28-13-15-1-3-16(4-2-15)18-10-22-14-23-11-18/h1-6,9-12,14H,7-8,13H2,(H,26,27). The maximum atomic E-state index is 10.7. The topological polar surface area (TPSA) is 90.1 Å². The number of carboxylic acids is 1. The molecule has 0 aliphatic heterocycles. The van der Waals surface area contributed by atoms with E-state index in [9.17, 15) is 4.79 Å². The molecule has 28 heavy (non-hydrogen) atoms. The molecule has 0 amide bonds. The third kappa shape index (κ3) is 3.98. The summed E-state index contributed by atoms with van der Waals surface area (Å²) in [7, 11) is 0. The van der Waals surface area contributed by atoms with Crippen LogP contribution < -0.4 is 4.74 Å². The van der Waals surface area contributed by atoms with Crippen LogP contribution in [0.15, 0.2) is 67.4 Å². The van der Waals surface area contributed by atoms with Gasteiger partial charge in [-0.2, -0.15) is 5.10 Å². The van der Waals surface area contributed by atoms with Crippen LogP contribution in [-0.4, -0.2) is 30.8 Å². The number of aliphatic carboxylic acids is 1. The molecule has 4 rings (SSSR count). The van der Waals surface area contributed by atoms with Gasteiger partial charge in [-0.3, -0.25) is 9.48 Å². The molecule has 0 unspecified atom stereocenters. The summed E-state index contributed by atoms with van der Waals surface area (Å²) in [4.78, 5) is 18.8. The molecule has 0 saturated heterocycles. The van der Waals surface area contributed by atoms with Gasteiger partial charge in [0.15, 0.2) is 0 Å². The van der Waals surface area contributed by atoms with Crippen LogP contribution >= 0.6 is 0 Å². The third-order valence-corrected chi connectivity index (χ3v) is 4.40. The molecule has 0 saturated carbocycles. The Hall–Kier alpha value is -3.74. The van der Waals surface area contributed by atoms with E-state index >= 15 is 0 Å². The van der Waals surface area contributed by atoms with Crippen molar-refractivity contribution in [1.29, 1.82) is 0 Å². The summed E-state index contributed by atoms with van der Waals surface area (Å²) in [6.07, 6.45) is 6.84. The van der Waals surface area contributed by atoms with Gasteiger partial charge in [-0.05, 0) is 29.3 Å². The van der Waals surface area contributed by atoms with Gasteiger partial charge in [0.1, 0.15) is 18.7 Å². The molecule has 0 spiro atoms. The average molecular weight is 374 g/mol. The number of hydrogen-bond acceptors (Lipinski definition) is 5. The minimum absolute atomic E-state index is 0.0418. The lowest BCUT2D eigenvalue weighted by molar-refractivity contribution is -0.137. The van der Waals surface area contributed by atoms with E-state index in [1.54, 1.807) is 23.3 Å². The fourth-order valence-electron chi connectivity index (χ4n) is 2.94. The molecule has 2 aromatic carbocycles. The first kappa shape index (κ1) is 17.7. The van der Waals surface area contributed by atoms with E-state index in [0.717, 1.165) is 33.3 Å². The van der Waals surface area contributed by atoms with Crippen LogP contribution in [0, 0.1) is 0 Å². The number of carboxylic acid groups (broad SMARTS) is 1. The van der Waals surface area contributed by atoms with Gasteiger partial charge in [0.2, 0.25) is 0 Å². The highest BCUT2D eigenvalue weighted by atomic mass is 16.5. The van der Waals surface area contributed by atoms with Crippen molar-refractivity contribution < 1.29 is 14.6 Å². The predicted octanol–water partition coefficient (Wildman–Crippen LogP) is 3.55. The smallest absolute Gasteiger partial charge is 0.305 e. The summed E-state index contributed by atoms with van der Waals surface area (Å²) < 4.78 is 7.59. The number of aromatic nitrogens is 4. The quantitative estimate of drug-likeness (QED) is 0.532. The zero-order valence-electron chi connectivity index (χ0n) is 15.0. The summed E-state index contributed by atoms with van der Waals surface area (Å²) in [5.74, 6) is -0.0970. The van der Waals surface area contributed by atoms with Crippen LogP contribution in [0.1, 0.15) is 12.0 Å². The Morgan fingerprint density at radius 1 is 1.00 bits per heavy atom. The molecule has 4 aromatic rings. The van der Waals surface area contributed by atoms with Crippen molar-refractivity contribution in [3.63, 3.8) is 0 Å². The minimum atomic E-state index is -0.839. The van der Waals surface area contributed by atoms with Gasteiger partial charge in [-0.15, -0.1) is 0 Å². The number of carbonyl (C=O) groups is 1. The van der Waals surface area contributed by atoms with Crippen molar-refractivity contribution in [1.82, 2.24) is 19.7 Å². The van der Waals surface area contributed by atoms with E-state index in [0.29, 0.717) is 13.2 Å². The Kier molecular flexibility index (Phi) is 4.97. The van der Waals surface area contributed by atoms with Crippen molar-refractivity contribution in [2.24, 2.45) is 0 Å². The second-order valence-corrected chi connectivity index (χ2v) is 6.34. The highest BCUT2D eigenvalue weighted by Gasteiger charge is 2.07. The molecule has 0 aliphatic carbocycles. The number of benzene rings is 2. The first-order chi connectivity index (χ1) is 13.7. The number of hydrogen-bond donors (Lipinski definition) is 1. The molecule has 7 nitrogen and oxygen atoms in total. The highest BCUT2D eigenvalue weighted by Crippen LogP contribution is 2.23. The maximum Gasteiger partial charge on any atom is 0.305 e. The average Bonchev–Trinajstić information content (AvgIpc) is 3.14. The Balaban J connectivity index is 1.42. The number of aryl methyl sites for hydroxylation is 1. The normalized spacial score (nSPS) is 10.9. The first-order valence-electron chi connectivity index (χ1n) is 8.83. The Morgan fingerprint density at radius 3 is 2.54 bits per heavy atom. The summed E-state index contributed by atoms with van der Waals surface area (Å²) in [6, 6.07) is 13.8. The lowest BCUT2D eigenvalue weighted by atomic mass is 10.1. The van der Waals surface area contributed by atoms with Crippen molar-refractivity contribution in [3.8, 4) is 16.9 Å². The summed E-state index contributed by atoms with van der Waals surface area (Å²) in [5, 5.41) is 14.0. The lowest BCUT2D eigenvalue weighted by Crippen LogP contribution is -2.05. The predicted molar refractivity (Wildman–Crippen MR) is 104 cm³/mol. The van der Waals surface area contributed by atoms with Gasteiger partial charge in [-0.25, -0.2) is 9.97 Å². The van der Waals surface area contributed by atoms with E-state index in [1.807, 2.05) is 42.5 Å². The Bertz CT molecular complexity index is 1090. The van der Waals surface area contributed by atoms with Crippen molar-refractivity contribution in [2.75, 3.05) is 0 Å². The Morgan fingerprint density at radius 2 is 1.79 bits per heavy atom. The SMILES string of the molecule is O=C(O)CCn1ncc2cc(OCc3ccc(-c4cncnc4)cc3)ccc21. The van der Waals surface area contributed by atoms with Crippen LogP contribution in [0.3, 0.4) is 0 Å². The number of ether oxygens (including phenoxy) is 1. The molecule has 0 fully saturated rings. The number of fused-ring (bicyclic) bond motifs is 1. The zero-order chi connectivity index (χ0) is 19.3. The minimum Gasteiger partial charge on any atom is -0.489 e. The molecular weight excluding hydrogens is 356 g/mol. The molecule has 1 N–H and O–H groups in total. The third-order valence-electron chi connectivity index (χ3n) is 4.40. The fraction of sp³-hybridized carbons (Fsp3) is 0.143. The molecule has 140 valence electrons. The van der Waals surface area contributed by atoms with Gasteiger partial charge in [0.25, 0.3) is 0 Å². The number of nitrogens with zero attached hydrogens (tertiary/aromatic N) is 4. The molecule has 2 heterocycles. The van der Waals surface area contributed by atoms with Crippen LogP contribution in [0.2, 0.25) is 0 Å². The molecule has 0 atom stereocenters. The largest absolute Gasteiger partial charge is 0.489 e. The monoisotopic (exact) mass is 374 g/mol. The second kappa shape index (κ2) is 7.87. The molecule has 0 aliphatic rings. The summed E-state index contributed by atoms with van der Waals surface area (Å²) in [5.41, 5.74) is 3.97. The van der Waals surface area contributed by atoms with Crippen molar-refractivity contribution in [2.45, 2.75) is 19.6 Å². The second-order valence-electron chi connectivity index (χ2n) is 6.34. The molecule has 2 aromatic heterocycles. The Labute approximate surface area is 161 Å². The van der Waals surface area contributed by atoms with Gasteiger partial charge < -0.3 is 9.84 Å². The van der Waals surface area contributed by atoms with E-state index < -0.39 is 5.97 Å². The zero-order valence-corrected chi connectivity index (χ0v) is 15.0. The van der Waals surface area contributed by atoms with E-state index in [-0.39, 0.29) is 6.42 Å². The molecule has 7 heteroatoms. The maximum absolute atomic E-state index is 10.7. The summed E-state index contributed by atoms with van der Waals surface area (Å²) in [6.45, 7) is 0.794. The van der Waals surface area contributed by atoms with E-state index in [4.69, 9.17) is 9.84 Å². The van der Waals surface area contributed by atoms with Gasteiger partial charge >= 0.3 is 5.97 Å². The molecule has 0 radical (unpaired) electrons. The van der Waals surface area contributed by atoms with Crippen molar-refractivity contribution >= 4 is 16.9 Å². The fourth-order valence-corrected chi connectivity index (χ4v) is 2.94. The van der Waals surface area contributed by atoms with Crippen LogP contribution in [-0.2, 0) is 17.9 Å². The van der Waals surface area contributed by atoms with Gasteiger partial charge in [-0.1, -0.05) is 24.3 Å². The van der Waals surface area contributed by atoms with Crippen LogP contribution in [0.5, 0.6) is 5.75 Å². The molecular formula is C21H18N4O3. The van der Waals surface area contributed by atoms with Gasteiger partial charge in [0, 0.05) is 23.3 Å². The molecule has 0 bridgehead atoms. The number of rotatable bonds is 7. The van der Waals surface area contributed by atoms with Crippen LogP contribution in [0.25, 0.3) is 22.0 Å². The first-order valence-corrected chi connectivity index (χ1v) is 8.83. The highest BCUT2D eigenvalue weighted by molar-refractivity contribution is 5.80. The van der Waals surface area contributed by atoms with Crippen LogP contribution in [0.4, 0.5) is 0 Å². The van der Waals surface area contributed by atoms with E-state index in [1.165, 1.54) is 6.33 Å². The summed E-state index contributed by atoms with van der Waals surface area (Å²) >= 11 is 0. The van der Waals surface area contributed by atoms with Gasteiger partial charge in [0.05, 0.1) is 24.7 Å².